The third-order valence-electron chi connectivity index (χ3n) is 2.68. The van der Waals surface area contributed by atoms with Crippen molar-refractivity contribution in [3.05, 3.63) is 63.1 Å². The van der Waals surface area contributed by atoms with Crippen molar-refractivity contribution in [3.63, 3.8) is 0 Å². The molecule has 0 aromatic heterocycles. The summed E-state index contributed by atoms with van der Waals surface area (Å²) in [6, 6.07) is 13.5. The minimum atomic E-state index is 0.0829. The Kier molecular flexibility index (Phi) is 5.34. The second-order valence-corrected chi connectivity index (χ2v) is 6.32. The summed E-state index contributed by atoms with van der Waals surface area (Å²) < 4.78 is 0.789. The van der Waals surface area contributed by atoms with Gasteiger partial charge in [0.25, 0.3) is 0 Å². The van der Waals surface area contributed by atoms with Crippen LogP contribution in [0.1, 0.15) is 11.1 Å². The summed E-state index contributed by atoms with van der Waals surface area (Å²) in [5.41, 5.74) is 7.33. The van der Waals surface area contributed by atoms with E-state index >= 15 is 0 Å². The summed E-state index contributed by atoms with van der Waals surface area (Å²) in [5, 5.41) is 12.5. The first-order valence-electron chi connectivity index (χ1n) is 5.75. The standard InChI is InChI=1S/C14H12BrClN2OS/c15-12-7-10(5-6-11(12)14(17)18-19)20-8-9-3-1-2-4-13(9)16/h1-7,19H,8H2,(H2,17,18). The number of hydrogen-bond acceptors (Lipinski definition) is 3. The number of nitrogens with zero attached hydrogens (tertiary/aromatic N) is 1. The zero-order valence-electron chi connectivity index (χ0n) is 10.4. The van der Waals surface area contributed by atoms with Crippen LogP contribution in [0.3, 0.4) is 0 Å². The van der Waals surface area contributed by atoms with E-state index in [1.165, 1.54) is 0 Å². The van der Waals surface area contributed by atoms with Gasteiger partial charge in [0.15, 0.2) is 5.84 Å². The van der Waals surface area contributed by atoms with Crippen molar-refractivity contribution in [3.8, 4) is 0 Å². The van der Waals surface area contributed by atoms with E-state index in [1.807, 2.05) is 42.5 Å². The Labute approximate surface area is 134 Å². The fraction of sp³-hybridized carbons (Fsp3) is 0.0714. The molecule has 0 aliphatic rings. The first-order valence-corrected chi connectivity index (χ1v) is 7.91. The predicted octanol–water partition coefficient (Wildman–Crippen LogP) is 4.49. The van der Waals surface area contributed by atoms with Gasteiger partial charge in [0.1, 0.15) is 0 Å². The highest BCUT2D eigenvalue weighted by Gasteiger charge is 2.07. The smallest absolute Gasteiger partial charge is 0.171 e. The second kappa shape index (κ2) is 7.02. The van der Waals surface area contributed by atoms with Gasteiger partial charge in [-0.3, -0.25) is 0 Å². The number of nitrogens with two attached hydrogens (primary N) is 1. The monoisotopic (exact) mass is 370 g/mol. The summed E-state index contributed by atoms with van der Waals surface area (Å²) >= 11 is 11.2. The summed E-state index contributed by atoms with van der Waals surface area (Å²) in [7, 11) is 0. The second-order valence-electron chi connectivity index (χ2n) is 4.01. The van der Waals surface area contributed by atoms with E-state index in [0.717, 1.165) is 25.7 Å². The van der Waals surface area contributed by atoms with Crippen LogP contribution in [-0.4, -0.2) is 11.0 Å². The summed E-state index contributed by atoms with van der Waals surface area (Å²) in [6.45, 7) is 0. The molecule has 0 amide bonds. The van der Waals surface area contributed by atoms with Crippen LogP contribution in [0.15, 0.2) is 57.0 Å². The van der Waals surface area contributed by atoms with Gasteiger partial charge in [0.2, 0.25) is 0 Å². The SMILES string of the molecule is N/C(=N/O)c1ccc(SCc2ccccc2Cl)cc1Br. The van der Waals surface area contributed by atoms with Crippen LogP contribution in [0.4, 0.5) is 0 Å². The van der Waals surface area contributed by atoms with Crippen molar-refractivity contribution in [2.24, 2.45) is 10.9 Å². The highest BCUT2D eigenvalue weighted by atomic mass is 79.9. The van der Waals surface area contributed by atoms with Crippen molar-refractivity contribution in [1.29, 1.82) is 0 Å². The number of halogens is 2. The Morgan fingerprint density at radius 2 is 2.05 bits per heavy atom. The predicted molar refractivity (Wildman–Crippen MR) is 87.7 cm³/mol. The Hall–Kier alpha value is -1.17. The number of hydrogen-bond donors (Lipinski definition) is 2. The highest BCUT2D eigenvalue weighted by molar-refractivity contribution is 9.10. The third kappa shape index (κ3) is 3.69. The zero-order chi connectivity index (χ0) is 14.5. The summed E-state index contributed by atoms with van der Waals surface area (Å²) in [5.74, 6) is 0.870. The van der Waals surface area contributed by atoms with Crippen LogP contribution in [0.5, 0.6) is 0 Å². The lowest BCUT2D eigenvalue weighted by molar-refractivity contribution is 0.318. The van der Waals surface area contributed by atoms with Gasteiger partial charge < -0.3 is 10.9 Å². The number of oxime groups is 1. The quantitative estimate of drug-likeness (QED) is 0.274. The number of thioether (sulfide) groups is 1. The Morgan fingerprint density at radius 1 is 1.30 bits per heavy atom. The van der Waals surface area contributed by atoms with Crippen LogP contribution in [0, 0.1) is 0 Å². The Morgan fingerprint density at radius 3 is 2.70 bits per heavy atom. The molecule has 0 aliphatic carbocycles. The molecule has 2 aromatic carbocycles. The number of benzene rings is 2. The van der Waals surface area contributed by atoms with Gasteiger partial charge in [0, 0.05) is 25.7 Å². The number of amidine groups is 1. The minimum Gasteiger partial charge on any atom is -0.409 e. The fourth-order valence-electron chi connectivity index (χ4n) is 1.62. The summed E-state index contributed by atoms with van der Waals surface area (Å²) in [6.07, 6.45) is 0. The van der Waals surface area contributed by atoms with Crippen molar-refractivity contribution < 1.29 is 5.21 Å². The van der Waals surface area contributed by atoms with Gasteiger partial charge in [-0.25, -0.2) is 0 Å². The molecule has 3 N–H and O–H groups in total. The van der Waals surface area contributed by atoms with E-state index in [0.29, 0.717) is 5.56 Å². The fourth-order valence-corrected chi connectivity index (χ4v) is 3.58. The average molecular weight is 372 g/mol. The van der Waals surface area contributed by atoms with Crippen LogP contribution in [0.2, 0.25) is 5.02 Å². The van der Waals surface area contributed by atoms with Gasteiger partial charge in [-0.15, -0.1) is 11.8 Å². The van der Waals surface area contributed by atoms with E-state index in [1.54, 1.807) is 11.8 Å². The van der Waals surface area contributed by atoms with E-state index in [4.69, 9.17) is 22.5 Å². The van der Waals surface area contributed by atoms with Crippen LogP contribution >= 0.6 is 39.3 Å². The Balaban J connectivity index is 2.12. The van der Waals surface area contributed by atoms with Gasteiger partial charge in [-0.1, -0.05) is 35.0 Å². The van der Waals surface area contributed by atoms with Crippen molar-refractivity contribution in [2.45, 2.75) is 10.6 Å². The maximum absolute atomic E-state index is 8.69. The van der Waals surface area contributed by atoms with Gasteiger partial charge in [-0.2, -0.15) is 0 Å². The normalized spacial score (nSPS) is 11.6. The molecule has 0 aliphatic heterocycles. The highest BCUT2D eigenvalue weighted by Crippen LogP contribution is 2.29. The third-order valence-corrected chi connectivity index (χ3v) is 4.74. The van der Waals surface area contributed by atoms with Crippen LogP contribution < -0.4 is 5.73 Å². The molecule has 0 bridgehead atoms. The van der Waals surface area contributed by atoms with E-state index in [-0.39, 0.29) is 5.84 Å². The molecule has 0 radical (unpaired) electrons. The van der Waals surface area contributed by atoms with Gasteiger partial charge in [-0.05, 0) is 45.8 Å². The maximum Gasteiger partial charge on any atom is 0.171 e. The molecule has 6 heteroatoms. The zero-order valence-corrected chi connectivity index (χ0v) is 13.5. The molecule has 2 aromatic rings. The Bertz CT molecular complexity index is 649. The number of rotatable bonds is 4. The lowest BCUT2D eigenvalue weighted by Gasteiger charge is -2.07. The minimum absolute atomic E-state index is 0.0829. The maximum atomic E-state index is 8.69. The van der Waals surface area contributed by atoms with E-state index in [9.17, 15) is 0 Å². The molecule has 104 valence electrons. The molecule has 0 saturated heterocycles. The van der Waals surface area contributed by atoms with E-state index < -0.39 is 0 Å². The molecule has 0 fully saturated rings. The van der Waals surface area contributed by atoms with Crippen LogP contribution in [0.25, 0.3) is 0 Å². The molecule has 0 atom stereocenters. The average Bonchev–Trinajstić information content (AvgIpc) is 2.46. The van der Waals surface area contributed by atoms with Gasteiger partial charge in [0.05, 0.1) is 0 Å². The molecule has 20 heavy (non-hydrogen) atoms. The van der Waals surface area contributed by atoms with Crippen molar-refractivity contribution in [2.75, 3.05) is 0 Å². The lowest BCUT2D eigenvalue weighted by atomic mass is 10.2. The molecule has 0 heterocycles. The molecule has 0 saturated carbocycles. The first kappa shape index (κ1) is 15.2. The van der Waals surface area contributed by atoms with E-state index in [2.05, 4.69) is 21.1 Å². The lowest BCUT2D eigenvalue weighted by Crippen LogP contribution is -2.13. The van der Waals surface area contributed by atoms with Crippen molar-refractivity contribution in [1.82, 2.24) is 0 Å². The molecular formula is C14H12BrClN2OS. The largest absolute Gasteiger partial charge is 0.409 e. The van der Waals surface area contributed by atoms with Crippen LogP contribution in [-0.2, 0) is 5.75 Å². The molecule has 0 unspecified atom stereocenters. The molecule has 3 nitrogen and oxygen atoms in total. The molecular weight excluding hydrogens is 360 g/mol. The van der Waals surface area contributed by atoms with Crippen molar-refractivity contribution >= 4 is 45.1 Å². The first-order chi connectivity index (χ1) is 9.61. The topological polar surface area (TPSA) is 58.6 Å². The molecule has 0 spiro atoms. The van der Waals surface area contributed by atoms with Gasteiger partial charge >= 0.3 is 0 Å². The summed E-state index contributed by atoms with van der Waals surface area (Å²) in [4.78, 5) is 1.08. The molecule has 2 rings (SSSR count).